The molecule has 0 radical (unpaired) electrons. The van der Waals surface area contributed by atoms with E-state index in [1.165, 1.54) is 10.9 Å². The fourth-order valence-electron chi connectivity index (χ4n) is 4.26. The average Bonchev–Trinajstić information content (AvgIpc) is 2.93. The Morgan fingerprint density at radius 1 is 0.471 bits per heavy atom. The number of fused-ring (bicyclic) bond motifs is 1. The Labute approximate surface area is 198 Å². The molecule has 0 spiro atoms. The minimum Gasteiger partial charge on any atom is -0.264 e. The molecule has 0 atom stereocenters. The van der Waals surface area contributed by atoms with Gasteiger partial charge in [-0.05, 0) is 28.6 Å². The number of hydrogen-bond donors (Lipinski definition) is 0. The molecule has 2 heterocycles. The second-order valence-electron chi connectivity index (χ2n) is 8.17. The molecule has 2 aromatic heterocycles. The molecule has 0 N–H and O–H groups in total. The van der Waals surface area contributed by atoms with Gasteiger partial charge in [0.05, 0.1) is 11.4 Å². The van der Waals surface area contributed by atoms with E-state index in [1.54, 1.807) is 0 Å². The van der Waals surface area contributed by atoms with E-state index in [0.29, 0.717) is 5.82 Å². The van der Waals surface area contributed by atoms with Gasteiger partial charge in [-0.1, -0.05) is 103 Å². The number of benzene rings is 4. The maximum Gasteiger partial charge on any atom is 0.160 e. The Hall–Kier alpha value is -4.63. The Bertz CT molecular complexity index is 1510. The van der Waals surface area contributed by atoms with Crippen molar-refractivity contribution in [2.45, 2.75) is 0 Å². The highest BCUT2D eigenvalue weighted by atomic mass is 14.9. The number of rotatable bonds is 4. The minimum atomic E-state index is 0.717. The first-order chi connectivity index (χ1) is 16.8. The topological polar surface area (TPSA) is 38.7 Å². The van der Waals surface area contributed by atoms with Gasteiger partial charge < -0.3 is 0 Å². The second-order valence-corrected chi connectivity index (χ2v) is 8.17. The maximum absolute atomic E-state index is 4.93. The molecule has 0 fully saturated rings. The van der Waals surface area contributed by atoms with Crippen molar-refractivity contribution in [3.05, 3.63) is 128 Å². The van der Waals surface area contributed by atoms with Crippen molar-refractivity contribution < 1.29 is 0 Å². The van der Waals surface area contributed by atoms with Gasteiger partial charge in [0.15, 0.2) is 5.82 Å². The van der Waals surface area contributed by atoms with Crippen LogP contribution in [0.4, 0.5) is 0 Å². The summed E-state index contributed by atoms with van der Waals surface area (Å²) in [4.78, 5) is 14.1. The smallest absolute Gasteiger partial charge is 0.160 e. The van der Waals surface area contributed by atoms with Gasteiger partial charge in [-0.25, -0.2) is 9.97 Å². The maximum atomic E-state index is 4.93. The normalized spacial score (nSPS) is 10.9. The molecule has 3 heteroatoms. The van der Waals surface area contributed by atoms with Gasteiger partial charge >= 0.3 is 0 Å². The zero-order valence-electron chi connectivity index (χ0n) is 18.5. The molecule has 0 saturated heterocycles. The summed E-state index contributed by atoms with van der Waals surface area (Å²) in [5.74, 6) is 0.717. The van der Waals surface area contributed by atoms with Crippen molar-refractivity contribution in [2.75, 3.05) is 0 Å². The minimum absolute atomic E-state index is 0.717. The van der Waals surface area contributed by atoms with E-state index in [1.807, 2.05) is 48.8 Å². The predicted molar refractivity (Wildman–Crippen MR) is 139 cm³/mol. The van der Waals surface area contributed by atoms with E-state index in [2.05, 4.69) is 83.8 Å². The van der Waals surface area contributed by atoms with Crippen LogP contribution >= 0.6 is 0 Å². The summed E-state index contributed by atoms with van der Waals surface area (Å²) in [6.07, 6.45) is 3.75. The van der Waals surface area contributed by atoms with Gasteiger partial charge in [-0.2, -0.15) is 0 Å². The third kappa shape index (κ3) is 3.84. The lowest BCUT2D eigenvalue weighted by atomic mass is 9.98. The van der Waals surface area contributed by atoms with Crippen LogP contribution in [-0.2, 0) is 0 Å². The van der Waals surface area contributed by atoms with Crippen LogP contribution in [0.1, 0.15) is 0 Å². The van der Waals surface area contributed by atoms with Crippen LogP contribution in [0.5, 0.6) is 0 Å². The summed E-state index contributed by atoms with van der Waals surface area (Å²) in [6.45, 7) is 0. The van der Waals surface area contributed by atoms with Crippen LogP contribution in [0.3, 0.4) is 0 Å². The van der Waals surface area contributed by atoms with E-state index in [-0.39, 0.29) is 0 Å². The third-order valence-corrected chi connectivity index (χ3v) is 6.00. The largest absolute Gasteiger partial charge is 0.264 e. The quantitative estimate of drug-likeness (QED) is 0.285. The number of hydrogen-bond acceptors (Lipinski definition) is 3. The van der Waals surface area contributed by atoms with Crippen LogP contribution in [0.15, 0.2) is 128 Å². The molecule has 0 aliphatic heterocycles. The third-order valence-electron chi connectivity index (χ3n) is 6.00. The highest BCUT2D eigenvalue weighted by Crippen LogP contribution is 2.31. The highest BCUT2D eigenvalue weighted by Gasteiger charge is 2.11. The lowest BCUT2D eigenvalue weighted by molar-refractivity contribution is 1.18. The number of pyridine rings is 1. The molecular weight excluding hydrogens is 414 g/mol. The van der Waals surface area contributed by atoms with Crippen molar-refractivity contribution in [1.29, 1.82) is 0 Å². The average molecular weight is 436 g/mol. The van der Waals surface area contributed by atoms with Crippen LogP contribution < -0.4 is 0 Å². The second kappa shape index (κ2) is 8.72. The highest BCUT2D eigenvalue weighted by molar-refractivity contribution is 5.96. The first-order valence-corrected chi connectivity index (χ1v) is 11.3. The fraction of sp³-hybridized carbons (Fsp3) is 0. The Kier molecular flexibility index (Phi) is 5.13. The Balaban J connectivity index is 1.45. The first-order valence-electron chi connectivity index (χ1n) is 11.3. The summed E-state index contributed by atoms with van der Waals surface area (Å²) < 4.78 is 0. The molecule has 0 amide bonds. The molecule has 0 saturated carbocycles. The Morgan fingerprint density at radius 3 is 1.74 bits per heavy atom. The monoisotopic (exact) mass is 435 g/mol. The van der Waals surface area contributed by atoms with Crippen LogP contribution in [0, 0.1) is 0 Å². The molecule has 6 rings (SSSR count). The zero-order valence-corrected chi connectivity index (χ0v) is 18.5. The van der Waals surface area contributed by atoms with E-state index in [4.69, 9.17) is 9.97 Å². The summed E-state index contributed by atoms with van der Waals surface area (Å²) in [5, 5.41) is 2.33. The standard InChI is InChI=1S/C31H21N3/c1-3-8-23(9-4-1)29-20-30(24-10-5-2-6-11-24)34-31(33-29)25-16-14-22(15-17-25)27-13-7-12-26-21-32-19-18-28(26)27/h1-21H. The summed E-state index contributed by atoms with van der Waals surface area (Å²) in [7, 11) is 0. The van der Waals surface area contributed by atoms with Crippen LogP contribution in [0.25, 0.3) is 55.8 Å². The molecular formula is C31H21N3. The van der Waals surface area contributed by atoms with Gasteiger partial charge in [0.25, 0.3) is 0 Å². The first kappa shape index (κ1) is 20.0. The van der Waals surface area contributed by atoms with E-state index in [9.17, 15) is 0 Å². The van der Waals surface area contributed by atoms with Gasteiger partial charge in [0.2, 0.25) is 0 Å². The van der Waals surface area contributed by atoms with Gasteiger partial charge in [-0.15, -0.1) is 0 Å². The lowest BCUT2D eigenvalue weighted by Crippen LogP contribution is -1.96. The van der Waals surface area contributed by atoms with Crippen molar-refractivity contribution >= 4 is 10.8 Å². The van der Waals surface area contributed by atoms with Gasteiger partial charge in [0.1, 0.15) is 0 Å². The van der Waals surface area contributed by atoms with Gasteiger partial charge in [0, 0.05) is 34.5 Å². The van der Waals surface area contributed by atoms with E-state index < -0.39 is 0 Å². The SMILES string of the molecule is c1ccc(-c2cc(-c3ccccc3)nc(-c3ccc(-c4cccc5cnccc45)cc3)n2)cc1. The molecule has 3 nitrogen and oxygen atoms in total. The molecule has 0 bridgehead atoms. The molecule has 6 aromatic rings. The Morgan fingerprint density at radius 2 is 1.09 bits per heavy atom. The summed E-state index contributed by atoms with van der Waals surface area (Å²) in [5.41, 5.74) is 7.30. The van der Waals surface area contributed by atoms with Crippen molar-refractivity contribution in [3.8, 4) is 45.0 Å². The van der Waals surface area contributed by atoms with Crippen LogP contribution in [0.2, 0.25) is 0 Å². The van der Waals surface area contributed by atoms with Crippen molar-refractivity contribution in [1.82, 2.24) is 15.0 Å². The van der Waals surface area contributed by atoms with Crippen LogP contribution in [-0.4, -0.2) is 15.0 Å². The number of aromatic nitrogens is 3. The number of nitrogens with zero attached hydrogens (tertiary/aromatic N) is 3. The lowest BCUT2D eigenvalue weighted by Gasteiger charge is -2.10. The van der Waals surface area contributed by atoms with E-state index in [0.717, 1.165) is 39.0 Å². The van der Waals surface area contributed by atoms with Gasteiger partial charge in [-0.3, -0.25) is 4.98 Å². The molecule has 34 heavy (non-hydrogen) atoms. The zero-order chi connectivity index (χ0) is 22.7. The fourth-order valence-corrected chi connectivity index (χ4v) is 4.26. The van der Waals surface area contributed by atoms with Crippen molar-refractivity contribution in [2.24, 2.45) is 0 Å². The van der Waals surface area contributed by atoms with E-state index >= 15 is 0 Å². The molecule has 0 aliphatic carbocycles. The summed E-state index contributed by atoms with van der Waals surface area (Å²) in [6, 6.07) is 39.5. The molecule has 4 aromatic carbocycles. The summed E-state index contributed by atoms with van der Waals surface area (Å²) >= 11 is 0. The predicted octanol–water partition coefficient (Wildman–Crippen LogP) is 7.69. The van der Waals surface area contributed by atoms with Crippen molar-refractivity contribution in [3.63, 3.8) is 0 Å². The molecule has 0 aliphatic rings. The molecule has 160 valence electrons. The molecule has 0 unspecified atom stereocenters.